The number of benzene rings is 1. The van der Waals surface area contributed by atoms with Gasteiger partial charge in [-0.1, -0.05) is 31.2 Å². The molecule has 0 saturated carbocycles. The Balaban J connectivity index is 2.18. The van der Waals surface area contributed by atoms with Gasteiger partial charge in [-0.3, -0.25) is 4.40 Å². The Morgan fingerprint density at radius 2 is 2.11 bits per heavy atom. The predicted octanol–water partition coefficient (Wildman–Crippen LogP) is 3.32. The second-order valence-corrected chi connectivity index (χ2v) is 5.07. The molecule has 96 valence electrons. The molecule has 0 unspecified atom stereocenters. The lowest BCUT2D eigenvalue weighted by Gasteiger charge is -2.03. The van der Waals surface area contributed by atoms with E-state index in [1.165, 1.54) is 23.1 Å². The first-order valence-electron chi connectivity index (χ1n) is 5.98. The highest BCUT2D eigenvalue weighted by Gasteiger charge is 2.16. The molecule has 0 spiro atoms. The van der Waals surface area contributed by atoms with Crippen LogP contribution < -0.4 is 0 Å². The van der Waals surface area contributed by atoms with Crippen molar-refractivity contribution in [2.24, 2.45) is 0 Å². The highest BCUT2D eigenvalue weighted by Crippen LogP contribution is 2.27. The van der Waals surface area contributed by atoms with E-state index in [9.17, 15) is 9.90 Å². The Kier molecular flexibility index (Phi) is 2.83. The second-order valence-electron chi connectivity index (χ2n) is 4.24. The number of carbonyl (C=O) groups is 1. The van der Waals surface area contributed by atoms with E-state index in [-0.39, 0.29) is 5.69 Å². The van der Waals surface area contributed by atoms with Crippen molar-refractivity contribution in [3.05, 3.63) is 47.1 Å². The van der Waals surface area contributed by atoms with Crippen LogP contribution in [0.2, 0.25) is 0 Å². The number of nitrogens with zero attached hydrogens (tertiary/aromatic N) is 2. The predicted molar refractivity (Wildman–Crippen MR) is 74.8 cm³/mol. The normalized spacial score (nSPS) is 11.0. The van der Waals surface area contributed by atoms with Gasteiger partial charge in [0.05, 0.1) is 11.9 Å². The summed E-state index contributed by atoms with van der Waals surface area (Å²) in [7, 11) is 0. The minimum atomic E-state index is -0.961. The fourth-order valence-corrected chi connectivity index (χ4v) is 2.95. The minimum absolute atomic E-state index is 0.200. The molecular formula is C14H12N2O2S. The van der Waals surface area contributed by atoms with Crippen LogP contribution in [0.5, 0.6) is 0 Å². The topological polar surface area (TPSA) is 54.6 Å². The zero-order valence-electron chi connectivity index (χ0n) is 10.3. The number of aromatic nitrogens is 2. The highest BCUT2D eigenvalue weighted by molar-refractivity contribution is 7.15. The van der Waals surface area contributed by atoms with Gasteiger partial charge in [0.1, 0.15) is 0 Å². The molecule has 0 bridgehead atoms. The monoisotopic (exact) mass is 272 g/mol. The van der Waals surface area contributed by atoms with Crippen molar-refractivity contribution in [3.8, 4) is 11.3 Å². The summed E-state index contributed by atoms with van der Waals surface area (Å²) in [6, 6.07) is 8.17. The van der Waals surface area contributed by atoms with E-state index in [4.69, 9.17) is 0 Å². The smallest absolute Gasteiger partial charge is 0.354 e. The zero-order valence-corrected chi connectivity index (χ0v) is 11.1. The maximum Gasteiger partial charge on any atom is 0.354 e. The molecule has 5 heteroatoms. The number of imidazole rings is 1. The lowest BCUT2D eigenvalue weighted by Crippen LogP contribution is -2.01. The number of aryl methyl sites for hydroxylation is 1. The quantitative estimate of drug-likeness (QED) is 0.795. The van der Waals surface area contributed by atoms with Gasteiger partial charge in [0.25, 0.3) is 0 Å². The Labute approximate surface area is 114 Å². The maximum atomic E-state index is 11.2. The molecule has 2 aromatic heterocycles. The van der Waals surface area contributed by atoms with Gasteiger partial charge < -0.3 is 5.11 Å². The van der Waals surface area contributed by atoms with Gasteiger partial charge in [0.15, 0.2) is 10.7 Å². The molecule has 1 N–H and O–H groups in total. The van der Waals surface area contributed by atoms with E-state index < -0.39 is 5.97 Å². The molecule has 0 amide bonds. The van der Waals surface area contributed by atoms with Gasteiger partial charge in [0, 0.05) is 5.38 Å². The molecule has 0 saturated heterocycles. The van der Waals surface area contributed by atoms with Crippen LogP contribution in [0, 0.1) is 0 Å². The van der Waals surface area contributed by atoms with Gasteiger partial charge in [-0.15, -0.1) is 11.3 Å². The van der Waals surface area contributed by atoms with Crippen molar-refractivity contribution in [1.29, 1.82) is 0 Å². The SMILES string of the molecule is CCc1ccc(-c2csc3ncc(C(=O)O)n23)cc1. The van der Waals surface area contributed by atoms with E-state index >= 15 is 0 Å². The summed E-state index contributed by atoms with van der Waals surface area (Å²) in [6.07, 6.45) is 2.39. The van der Waals surface area contributed by atoms with Crippen molar-refractivity contribution in [2.45, 2.75) is 13.3 Å². The van der Waals surface area contributed by atoms with E-state index in [1.807, 2.05) is 17.5 Å². The Hall–Kier alpha value is -2.14. The third-order valence-electron chi connectivity index (χ3n) is 3.12. The fourth-order valence-electron chi connectivity index (χ4n) is 2.07. The van der Waals surface area contributed by atoms with Crippen LogP contribution in [0.4, 0.5) is 0 Å². The Morgan fingerprint density at radius 3 is 2.74 bits per heavy atom. The lowest BCUT2D eigenvalue weighted by molar-refractivity contribution is 0.0689. The van der Waals surface area contributed by atoms with E-state index in [0.29, 0.717) is 4.96 Å². The molecule has 3 rings (SSSR count). The number of rotatable bonds is 3. The van der Waals surface area contributed by atoms with Gasteiger partial charge >= 0.3 is 5.97 Å². The molecule has 0 aliphatic carbocycles. The summed E-state index contributed by atoms with van der Waals surface area (Å²) in [4.78, 5) is 16.0. The molecule has 0 radical (unpaired) electrons. The molecule has 0 aliphatic heterocycles. The largest absolute Gasteiger partial charge is 0.477 e. The van der Waals surface area contributed by atoms with E-state index in [0.717, 1.165) is 17.7 Å². The number of fused-ring (bicyclic) bond motifs is 1. The number of carboxylic acids is 1. The Bertz CT molecular complexity index is 740. The summed E-state index contributed by atoms with van der Waals surface area (Å²) in [6.45, 7) is 2.11. The van der Waals surface area contributed by atoms with Crippen molar-refractivity contribution in [2.75, 3.05) is 0 Å². The number of aromatic carboxylic acids is 1. The Morgan fingerprint density at radius 1 is 1.37 bits per heavy atom. The van der Waals surface area contributed by atoms with Crippen LogP contribution >= 0.6 is 11.3 Å². The van der Waals surface area contributed by atoms with Crippen molar-refractivity contribution in [1.82, 2.24) is 9.38 Å². The van der Waals surface area contributed by atoms with Crippen LogP contribution in [0.3, 0.4) is 0 Å². The molecule has 0 atom stereocenters. The molecule has 0 fully saturated rings. The molecule has 2 heterocycles. The fraction of sp³-hybridized carbons (Fsp3) is 0.143. The summed E-state index contributed by atoms with van der Waals surface area (Å²) >= 11 is 1.45. The third-order valence-corrected chi connectivity index (χ3v) is 3.96. The maximum absolute atomic E-state index is 11.2. The van der Waals surface area contributed by atoms with Gasteiger partial charge in [-0.25, -0.2) is 9.78 Å². The van der Waals surface area contributed by atoms with Crippen LogP contribution in [-0.2, 0) is 6.42 Å². The first-order chi connectivity index (χ1) is 9.20. The van der Waals surface area contributed by atoms with Crippen molar-refractivity contribution >= 4 is 22.3 Å². The molecule has 19 heavy (non-hydrogen) atoms. The first-order valence-corrected chi connectivity index (χ1v) is 6.86. The van der Waals surface area contributed by atoms with Crippen molar-refractivity contribution < 1.29 is 9.90 Å². The molecule has 3 aromatic rings. The average Bonchev–Trinajstić information content (AvgIpc) is 2.99. The number of thiazole rings is 1. The number of hydrogen-bond donors (Lipinski definition) is 1. The van der Waals surface area contributed by atoms with Crippen LogP contribution in [-0.4, -0.2) is 20.5 Å². The highest BCUT2D eigenvalue weighted by atomic mass is 32.1. The lowest BCUT2D eigenvalue weighted by atomic mass is 10.1. The van der Waals surface area contributed by atoms with Crippen LogP contribution in [0.1, 0.15) is 23.0 Å². The first kappa shape index (κ1) is 11.9. The van der Waals surface area contributed by atoms with Gasteiger partial charge in [-0.2, -0.15) is 0 Å². The molecule has 1 aromatic carbocycles. The average molecular weight is 272 g/mol. The molecular weight excluding hydrogens is 260 g/mol. The summed E-state index contributed by atoms with van der Waals surface area (Å²) in [5.41, 5.74) is 3.34. The van der Waals surface area contributed by atoms with Gasteiger partial charge in [-0.05, 0) is 17.5 Å². The van der Waals surface area contributed by atoms with Crippen LogP contribution in [0.25, 0.3) is 16.2 Å². The number of hydrogen-bond acceptors (Lipinski definition) is 3. The zero-order chi connectivity index (χ0) is 13.4. The summed E-state index contributed by atoms with van der Waals surface area (Å²) in [5.74, 6) is -0.961. The molecule has 0 aliphatic rings. The minimum Gasteiger partial charge on any atom is -0.477 e. The molecule has 4 nitrogen and oxygen atoms in total. The summed E-state index contributed by atoms with van der Waals surface area (Å²) < 4.78 is 1.69. The van der Waals surface area contributed by atoms with Gasteiger partial charge in [0.2, 0.25) is 0 Å². The second kappa shape index (κ2) is 4.51. The van der Waals surface area contributed by atoms with Crippen molar-refractivity contribution in [3.63, 3.8) is 0 Å². The third kappa shape index (κ3) is 1.92. The summed E-state index contributed by atoms with van der Waals surface area (Å²) in [5, 5.41) is 11.1. The standard InChI is InChI=1S/C14H12N2O2S/c1-2-9-3-5-10(6-4-9)12-8-19-14-15-7-11(13(17)18)16(12)14/h3-8H,2H2,1H3,(H,17,18). The van der Waals surface area contributed by atoms with E-state index in [1.54, 1.807) is 4.40 Å². The number of carboxylic acid groups (broad SMARTS) is 1. The van der Waals surface area contributed by atoms with Crippen LogP contribution in [0.15, 0.2) is 35.8 Å². The van der Waals surface area contributed by atoms with E-state index in [2.05, 4.69) is 24.0 Å².